The van der Waals surface area contributed by atoms with E-state index in [1.54, 1.807) is 36.4 Å². The molecule has 7 heteroatoms. The largest absolute Gasteiger partial charge is 0.492 e. The zero-order valence-electron chi connectivity index (χ0n) is 12.9. The first kappa shape index (κ1) is 17.6. The van der Waals surface area contributed by atoms with Crippen molar-refractivity contribution in [2.75, 3.05) is 18.9 Å². The predicted octanol–water partition coefficient (Wildman–Crippen LogP) is 2.83. The highest BCUT2D eigenvalue weighted by Crippen LogP contribution is 2.22. The Hall–Kier alpha value is -2.73. The van der Waals surface area contributed by atoms with Gasteiger partial charge in [0.25, 0.3) is 5.91 Å². The number of rotatable bonds is 6. The molecule has 0 bridgehead atoms. The molecule has 0 aliphatic rings. The lowest BCUT2D eigenvalue weighted by Gasteiger charge is -2.09. The van der Waals surface area contributed by atoms with Gasteiger partial charge in [0.15, 0.2) is 0 Å². The van der Waals surface area contributed by atoms with E-state index in [0.29, 0.717) is 41.6 Å². The van der Waals surface area contributed by atoms with Crippen LogP contribution in [0.25, 0.3) is 0 Å². The zero-order chi connectivity index (χ0) is 17.4. The zero-order valence-corrected chi connectivity index (χ0v) is 13.7. The van der Waals surface area contributed by atoms with E-state index in [-0.39, 0.29) is 0 Å². The Labute approximate surface area is 144 Å². The Kier molecular flexibility index (Phi) is 6.45. The maximum Gasteiger partial charge on any atom is 0.321 e. The fraction of sp³-hybridized carbons (Fsp3) is 0.176. The van der Waals surface area contributed by atoms with Crippen molar-refractivity contribution in [3.05, 3.63) is 59.1 Å². The highest BCUT2D eigenvalue weighted by Gasteiger charge is 2.09. The normalized spacial score (nSPS) is 10.0. The molecule has 0 fully saturated rings. The van der Waals surface area contributed by atoms with Crippen LogP contribution in [-0.2, 0) is 0 Å². The number of carbonyl (C=O) groups is 2. The molecule has 0 saturated carbocycles. The van der Waals surface area contributed by atoms with E-state index in [4.69, 9.17) is 22.1 Å². The quantitative estimate of drug-likeness (QED) is 0.553. The summed E-state index contributed by atoms with van der Waals surface area (Å²) < 4.78 is 5.50. The summed E-state index contributed by atoms with van der Waals surface area (Å²) in [5.41, 5.74) is 6.46. The van der Waals surface area contributed by atoms with Crippen LogP contribution < -0.4 is 21.1 Å². The molecule has 0 saturated heterocycles. The molecule has 0 spiro atoms. The van der Waals surface area contributed by atoms with Gasteiger partial charge in [-0.25, -0.2) is 4.79 Å². The highest BCUT2D eigenvalue weighted by molar-refractivity contribution is 6.32. The number of nitrogen functional groups attached to an aromatic ring is 1. The molecule has 0 unspecified atom stereocenters. The minimum absolute atomic E-state index is 0.362. The predicted molar refractivity (Wildman–Crippen MR) is 93.3 cm³/mol. The van der Waals surface area contributed by atoms with Crippen LogP contribution in [0.1, 0.15) is 16.8 Å². The van der Waals surface area contributed by atoms with Gasteiger partial charge in [0.1, 0.15) is 5.75 Å². The first-order valence-electron chi connectivity index (χ1n) is 7.38. The van der Waals surface area contributed by atoms with Crippen LogP contribution in [-0.4, -0.2) is 25.1 Å². The molecule has 0 radical (unpaired) electrons. The van der Waals surface area contributed by atoms with Crippen molar-refractivity contribution in [2.24, 2.45) is 0 Å². The number of urea groups is 1. The number of nitrogens with two attached hydrogens (primary N) is 1. The van der Waals surface area contributed by atoms with Gasteiger partial charge in [-0.1, -0.05) is 23.7 Å². The number of anilines is 1. The third-order valence-corrected chi connectivity index (χ3v) is 3.41. The van der Waals surface area contributed by atoms with Gasteiger partial charge in [-0.2, -0.15) is 0 Å². The van der Waals surface area contributed by atoms with Gasteiger partial charge in [0.05, 0.1) is 11.6 Å². The molecule has 2 rings (SSSR count). The molecule has 6 nitrogen and oxygen atoms in total. The van der Waals surface area contributed by atoms with Crippen molar-refractivity contribution in [3.63, 3.8) is 0 Å². The summed E-state index contributed by atoms with van der Waals surface area (Å²) in [6, 6.07) is 12.9. The monoisotopic (exact) mass is 347 g/mol. The number of hydrogen-bond donors (Lipinski definition) is 3. The number of para-hydroxylation sites is 1. The van der Waals surface area contributed by atoms with E-state index in [9.17, 15) is 9.59 Å². The summed E-state index contributed by atoms with van der Waals surface area (Å²) >= 11 is 5.96. The summed E-state index contributed by atoms with van der Waals surface area (Å²) in [6.45, 7) is 0.765. The maximum atomic E-state index is 11.8. The molecular weight excluding hydrogens is 330 g/mol. The van der Waals surface area contributed by atoms with Crippen LogP contribution in [0.2, 0.25) is 5.02 Å². The second-order valence-electron chi connectivity index (χ2n) is 4.96. The van der Waals surface area contributed by atoms with Gasteiger partial charge in [0.2, 0.25) is 0 Å². The Bertz CT molecular complexity index is 704. The van der Waals surface area contributed by atoms with Crippen LogP contribution in [0, 0.1) is 0 Å². The van der Waals surface area contributed by atoms with E-state index in [1.165, 1.54) is 0 Å². The van der Waals surface area contributed by atoms with Gasteiger partial charge < -0.3 is 15.8 Å². The molecule has 0 heterocycles. The van der Waals surface area contributed by atoms with E-state index in [1.807, 2.05) is 12.1 Å². The summed E-state index contributed by atoms with van der Waals surface area (Å²) in [7, 11) is 0. The lowest BCUT2D eigenvalue weighted by Crippen LogP contribution is -2.40. The van der Waals surface area contributed by atoms with Gasteiger partial charge in [-0.05, 0) is 42.8 Å². The molecule has 0 aliphatic heterocycles. The van der Waals surface area contributed by atoms with Gasteiger partial charge >= 0.3 is 6.03 Å². The van der Waals surface area contributed by atoms with E-state index < -0.39 is 11.9 Å². The standard InChI is InChI=1S/C17H18ClN3O3/c18-14-4-1-2-5-15(14)24-11-3-10-20-17(23)21-16(22)12-6-8-13(19)9-7-12/h1-2,4-9H,3,10-11,19H2,(H2,20,21,22,23). The number of carbonyl (C=O) groups excluding carboxylic acids is 2. The van der Waals surface area contributed by atoms with Gasteiger partial charge in [-0.3, -0.25) is 10.1 Å². The van der Waals surface area contributed by atoms with Crippen LogP contribution >= 0.6 is 11.6 Å². The topological polar surface area (TPSA) is 93.5 Å². The molecule has 4 N–H and O–H groups in total. The molecule has 2 aromatic carbocycles. The lowest BCUT2D eigenvalue weighted by molar-refractivity contribution is 0.0964. The summed E-state index contributed by atoms with van der Waals surface area (Å²) in [4.78, 5) is 23.5. The molecule has 0 aromatic heterocycles. The number of nitrogens with one attached hydrogen (secondary N) is 2. The SMILES string of the molecule is Nc1ccc(C(=O)NC(=O)NCCCOc2ccccc2Cl)cc1. The van der Waals surface area contributed by atoms with Crippen molar-refractivity contribution in [1.82, 2.24) is 10.6 Å². The molecule has 0 aliphatic carbocycles. The van der Waals surface area contributed by atoms with Gasteiger partial charge in [-0.15, -0.1) is 0 Å². The van der Waals surface area contributed by atoms with Crippen LogP contribution in [0.5, 0.6) is 5.75 Å². The minimum atomic E-state index is -0.561. The molecule has 2 aromatic rings. The fourth-order valence-electron chi connectivity index (χ4n) is 1.87. The third kappa shape index (κ3) is 5.48. The number of ether oxygens (including phenoxy) is 1. The van der Waals surface area contributed by atoms with Crippen LogP contribution in [0.3, 0.4) is 0 Å². The number of benzene rings is 2. The first-order valence-corrected chi connectivity index (χ1v) is 7.76. The molecule has 0 atom stereocenters. The molecular formula is C17H18ClN3O3. The number of amides is 3. The Morgan fingerprint density at radius 2 is 1.79 bits per heavy atom. The van der Waals surface area contributed by atoms with E-state index >= 15 is 0 Å². The Balaban J connectivity index is 1.65. The van der Waals surface area contributed by atoms with Crippen LogP contribution in [0.15, 0.2) is 48.5 Å². The van der Waals surface area contributed by atoms with E-state index in [0.717, 1.165) is 0 Å². The smallest absolute Gasteiger partial charge is 0.321 e. The van der Waals surface area contributed by atoms with Gasteiger partial charge in [0, 0.05) is 17.8 Å². The minimum Gasteiger partial charge on any atom is -0.492 e. The van der Waals surface area contributed by atoms with E-state index in [2.05, 4.69) is 10.6 Å². The van der Waals surface area contributed by atoms with Crippen molar-refractivity contribution >= 4 is 29.2 Å². The molecule has 3 amide bonds. The summed E-state index contributed by atoms with van der Waals surface area (Å²) in [5, 5.41) is 5.37. The maximum absolute atomic E-state index is 11.8. The second-order valence-corrected chi connectivity index (χ2v) is 5.37. The van der Waals surface area contributed by atoms with Crippen molar-refractivity contribution < 1.29 is 14.3 Å². The van der Waals surface area contributed by atoms with Crippen molar-refractivity contribution in [2.45, 2.75) is 6.42 Å². The Morgan fingerprint density at radius 3 is 2.50 bits per heavy atom. The molecule has 24 heavy (non-hydrogen) atoms. The number of imide groups is 1. The Morgan fingerprint density at radius 1 is 1.08 bits per heavy atom. The molecule has 126 valence electrons. The summed E-state index contributed by atoms with van der Waals surface area (Å²) in [5.74, 6) is 0.113. The summed E-state index contributed by atoms with van der Waals surface area (Å²) in [6.07, 6.45) is 0.578. The number of halogens is 1. The fourth-order valence-corrected chi connectivity index (χ4v) is 2.06. The number of hydrogen-bond acceptors (Lipinski definition) is 4. The third-order valence-electron chi connectivity index (χ3n) is 3.10. The first-order chi connectivity index (χ1) is 11.6. The highest BCUT2D eigenvalue weighted by atomic mass is 35.5. The average molecular weight is 348 g/mol. The van der Waals surface area contributed by atoms with Crippen molar-refractivity contribution in [1.29, 1.82) is 0 Å². The van der Waals surface area contributed by atoms with Crippen LogP contribution in [0.4, 0.5) is 10.5 Å². The van der Waals surface area contributed by atoms with Crippen molar-refractivity contribution in [3.8, 4) is 5.75 Å². The lowest BCUT2D eigenvalue weighted by atomic mass is 10.2. The average Bonchev–Trinajstić information content (AvgIpc) is 2.56. The second kappa shape index (κ2) is 8.79.